The lowest BCUT2D eigenvalue weighted by Crippen LogP contribution is -2.49. The van der Waals surface area contributed by atoms with Crippen LogP contribution in [0.3, 0.4) is 0 Å². The topological polar surface area (TPSA) is 37.4 Å². The van der Waals surface area contributed by atoms with E-state index in [1.54, 1.807) is 0 Å². The number of hydrogen-bond donors (Lipinski definition) is 1. The first-order valence-corrected chi connectivity index (χ1v) is 8.24. The van der Waals surface area contributed by atoms with Gasteiger partial charge in [0.2, 0.25) is 0 Å². The number of pyridine rings is 1. The lowest BCUT2D eigenvalue weighted by Gasteiger charge is -2.39. The predicted molar refractivity (Wildman–Crippen MR) is 85.7 cm³/mol. The minimum Gasteiger partial charge on any atom is -0.375 e. The summed E-state index contributed by atoms with van der Waals surface area (Å²) in [6.45, 7) is 9.23. The molecule has 4 heteroatoms. The molecule has 0 amide bonds. The molecule has 0 bridgehead atoms. The largest absolute Gasteiger partial charge is 0.375 e. The van der Waals surface area contributed by atoms with Gasteiger partial charge in [0.1, 0.15) is 5.82 Å². The quantitative estimate of drug-likeness (QED) is 0.904. The number of nitrogens with zero attached hydrogens (tertiary/aromatic N) is 2. The zero-order valence-corrected chi connectivity index (χ0v) is 13.4. The molecule has 1 saturated carbocycles. The fourth-order valence-electron chi connectivity index (χ4n) is 3.01. The van der Waals surface area contributed by atoms with Gasteiger partial charge >= 0.3 is 0 Å². The van der Waals surface area contributed by atoms with Gasteiger partial charge in [-0.1, -0.05) is 6.92 Å². The Balaban J connectivity index is 1.73. The molecule has 1 saturated heterocycles. The van der Waals surface area contributed by atoms with Crippen LogP contribution >= 0.6 is 0 Å². The smallest absolute Gasteiger partial charge is 0.131 e. The average Bonchev–Trinajstić information content (AvgIpc) is 3.29. The van der Waals surface area contributed by atoms with Crippen molar-refractivity contribution < 1.29 is 4.74 Å². The van der Waals surface area contributed by atoms with Crippen LogP contribution in [0.2, 0.25) is 0 Å². The van der Waals surface area contributed by atoms with Crippen LogP contribution in [-0.4, -0.2) is 36.3 Å². The molecule has 2 heterocycles. The molecule has 3 rings (SSSR count). The van der Waals surface area contributed by atoms with E-state index in [0.29, 0.717) is 6.04 Å². The molecule has 1 aromatic heterocycles. The summed E-state index contributed by atoms with van der Waals surface area (Å²) in [5.74, 6) is 1.13. The van der Waals surface area contributed by atoms with Gasteiger partial charge in [-0.3, -0.25) is 0 Å². The minimum absolute atomic E-state index is 0.283. The molecule has 1 N–H and O–H groups in total. The summed E-state index contributed by atoms with van der Waals surface area (Å²) in [4.78, 5) is 7.20. The normalized spacial score (nSPS) is 26.1. The molecule has 1 aromatic rings. The van der Waals surface area contributed by atoms with E-state index in [9.17, 15) is 0 Å². The number of rotatable bonds is 5. The van der Waals surface area contributed by atoms with Gasteiger partial charge in [0.05, 0.1) is 18.8 Å². The van der Waals surface area contributed by atoms with E-state index in [1.165, 1.54) is 24.0 Å². The number of hydrogen-bond acceptors (Lipinski definition) is 4. The van der Waals surface area contributed by atoms with E-state index in [1.807, 2.05) is 6.20 Å². The third-order valence-corrected chi connectivity index (χ3v) is 4.49. The second-order valence-corrected chi connectivity index (χ2v) is 6.50. The van der Waals surface area contributed by atoms with Crippen LogP contribution in [0.4, 0.5) is 5.82 Å². The summed E-state index contributed by atoms with van der Waals surface area (Å²) < 4.78 is 5.79. The van der Waals surface area contributed by atoms with Crippen molar-refractivity contribution >= 4 is 5.82 Å². The van der Waals surface area contributed by atoms with Gasteiger partial charge in [-0.05, 0) is 50.3 Å². The molecule has 2 atom stereocenters. The SMILES string of the molecule is CCC1COC(C)CN1c1ncc(CNC2CC2)cc1C. The Morgan fingerprint density at radius 3 is 2.90 bits per heavy atom. The molecule has 1 aliphatic carbocycles. The van der Waals surface area contributed by atoms with Gasteiger partial charge in [-0.15, -0.1) is 0 Å². The number of aryl methyl sites for hydroxylation is 1. The van der Waals surface area contributed by atoms with Crippen molar-refractivity contribution in [2.45, 2.75) is 64.8 Å². The standard InChI is InChI=1S/C17H27N3O/c1-4-16-11-21-13(3)10-20(16)17-12(2)7-14(9-19-17)8-18-15-5-6-15/h7,9,13,15-16,18H,4-6,8,10-11H2,1-3H3. The van der Waals surface area contributed by atoms with Gasteiger partial charge in [0, 0.05) is 25.3 Å². The highest BCUT2D eigenvalue weighted by Gasteiger charge is 2.27. The van der Waals surface area contributed by atoms with Crippen molar-refractivity contribution in [1.29, 1.82) is 0 Å². The Morgan fingerprint density at radius 2 is 2.24 bits per heavy atom. The fraction of sp³-hybridized carbons (Fsp3) is 0.706. The van der Waals surface area contributed by atoms with E-state index < -0.39 is 0 Å². The Bertz CT molecular complexity index is 487. The summed E-state index contributed by atoms with van der Waals surface area (Å²) in [5, 5.41) is 3.55. The van der Waals surface area contributed by atoms with Gasteiger partial charge in [0.15, 0.2) is 0 Å². The predicted octanol–water partition coefficient (Wildman–Crippen LogP) is 2.65. The summed E-state index contributed by atoms with van der Waals surface area (Å²) in [7, 11) is 0. The molecule has 21 heavy (non-hydrogen) atoms. The molecule has 2 aliphatic rings. The third kappa shape index (κ3) is 3.55. The molecule has 2 fully saturated rings. The van der Waals surface area contributed by atoms with Crippen molar-refractivity contribution in [3.05, 3.63) is 23.4 Å². The zero-order valence-electron chi connectivity index (χ0n) is 13.4. The number of aromatic nitrogens is 1. The lowest BCUT2D eigenvalue weighted by atomic mass is 10.1. The molecule has 0 aromatic carbocycles. The van der Waals surface area contributed by atoms with Crippen molar-refractivity contribution in [2.24, 2.45) is 0 Å². The first-order chi connectivity index (χ1) is 10.2. The van der Waals surface area contributed by atoms with E-state index in [2.05, 4.69) is 37.1 Å². The number of morpholine rings is 1. The van der Waals surface area contributed by atoms with Crippen LogP contribution < -0.4 is 10.2 Å². The zero-order chi connectivity index (χ0) is 14.8. The summed E-state index contributed by atoms with van der Waals surface area (Å²) >= 11 is 0. The molecule has 2 unspecified atom stereocenters. The molecule has 0 radical (unpaired) electrons. The second-order valence-electron chi connectivity index (χ2n) is 6.50. The number of nitrogens with one attached hydrogen (secondary N) is 1. The van der Waals surface area contributed by atoms with Gasteiger partial charge < -0.3 is 15.0 Å². The van der Waals surface area contributed by atoms with E-state index in [4.69, 9.17) is 9.72 Å². The van der Waals surface area contributed by atoms with Crippen LogP contribution in [0.25, 0.3) is 0 Å². The molecule has 1 aliphatic heterocycles. The molecular formula is C17H27N3O. The first kappa shape index (κ1) is 14.8. The van der Waals surface area contributed by atoms with Crippen molar-refractivity contribution in [1.82, 2.24) is 10.3 Å². The highest BCUT2D eigenvalue weighted by atomic mass is 16.5. The first-order valence-electron chi connectivity index (χ1n) is 8.24. The van der Waals surface area contributed by atoms with Gasteiger partial charge in [-0.2, -0.15) is 0 Å². The molecule has 116 valence electrons. The molecule has 4 nitrogen and oxygen atoms in total. The van der Waals surface area contributed by atoms with Crippen molar-refractivity contribution in [2.75, 3.05) is 18.1 Å². The van der Waals surface area contributed by atoms with Crippen LogP contribution in [0, 0.1) is 6.92 Å². The monoisotopic (exact) mass is 289 g/mol. The van der Waals surface area contributed by atoms with Crippen LogP contribution in [0.5, 0.6) is 0 Å². The molecule has 0 spiro atoms. The maximum Gasteiger partial charge on any atom is 0.131 e. The van der Waals surface area contributed by atoms with Crippen LogP contribution in [0.15, 0.2) is 12.3 Å². The number of ether oxygens (including phenoxy) is 1. The fourth-order valence-corrected chi connectivity index (χ4v) is 3.01. The maximum absolute atomic E-state index is 5.79. The third-order valence-electron chi connectivity index (χ3n) is 4.49. The summed E-state index contributed by atoms with van der Waals surface area (Å²) in [6, 6.07) is 3.47. The average molecular weight is 289 g/mol. The summed E-state index contributed by atoms with van der Waals surface area (Å²) in [6.07, 6.45) is 6.07. The lowest BCUT2D eigenvalue weighted by molar-refractivity contribution is 0.0296. The van der Waals surface area contributed by atoms with Crippen LogP contribution in [0.1, 0.15) is 44.2 Å². The minimum atomic E-state index is 0.283. The second kappa shape index (κ2) is 6.32. The maximum atomic E-state index is 5.79. The van der Waals surface area contributed by atoms with Gasteiger partial charge in [-0.25, -0.2) is 4.98 Å². The Hall–Kier alpha value is -1.13. The number of anilines is 1. The summed E-state index contributed by atoms with van der Waals surface area (Å²) in [5.41, 5.74) is 2.56. The Kier molecular flexibility index (Phi) is 4.45. The van der Waals surface area contributed by atoms with E-state index in [0.717, 1.165) is 38.0 Å². The van der Waals surface area contributed by atoms with E-state index >= 15 is 0 Å². The van der Waals surface area contributed by atoms with E-state index in [-0.39, 0.29) is 6.10 Å². The Labute approximate surface area is 127 Å². The van der Waals surface area contributed by atoms with Gasteiger partial charge in [0.25, 0.3) is 0 Å². The Morgan fingerprint density at radius 1 is 1.43 bits per heavy atom. The van der Waals surface area contributed by atoms with Crippen molar-refractivity contribution in [3.8, 4) is 0 Å². The van der Waals surface area contributed by atoms with Crippen molar-refractivity contribution in [3.63, 3.8) is 0 Å². The molecular weight excluding hydrogens is 262 g/mol. The van der Waals surface area contributed by atoms with Crippen LogP contribution in [-0.2, 0) is 11.3 Å². The highest BCUT2D eigenvalue weighted by Crippen LogP contribution is 2.25. The highest BCUT2D eigenvalue weighted by molar-refractivity contribution is 5.49.